The third-order valence-electron chi connectivity index (χ3n) is 3.51. The minimum absolute atomic E-state index is 0.0361. The smallest absolute Gasteiger partial charge is 0.283 e. The molecule has 0 saturated heterocycles. The summed E-state index contributed by atoms with van der Waals surface area (Å²) in [5.41, 5.74) is 1.78. The van der Waals surface area contributed by atoms with Crippen LogP contribution in [0, 0.1) is 12.7 Å². The quantitative estimate of drug-likeness (QED) is 0.829. The Morgan fingerprint density at radius 1 is 1.00 bits per heavy atom. The number of nitrogens with zero attached hydrogens (tertiary/aromatic N) is 1. The Labute approximate surface area is 147 Å². The van der Waals surface area contributed by atoms with Crippen LogP contribution in [0.5, 0.6) is 0 Å². The molecule has 0 aromatic heterocycles. The van der Waals surface area contributed by atoms with Crippen molar-refractivity contribution < 1.29 is 14.0 Å². The maximum Gasteiger partial charge on any atom is 0.283 e. The van der Waals surface area contributed by atoms with E-state index in [9.17, 15) is 14.0 Å². The number of imide groups is 1. The van der Waals surface area contributed by atoms with Gasteiger partial charge in [0.25, 0.3) is 11.8 Å². The average molecular weight is 365 g/mol. The maximum atomic E-state index is 13.3. The van der Waals surface area contributed by atoms with Gasteiger partial charge in [0.2, 0.25) is 0 Å². The number of carbonyl (C=O) groups excluding carboxylic acids is 2. The van der Waals surface area contributed by atoms with E-state index in [2.05, 4.69) is 5.32 Å². The molecular weight excluding hydrogens is 354 g/mol. The maximum absolute atomic E-state index is 13.3. The molecule has 0 aliphatic carbocycles. The van der Waals surface area contributed by atoms with E-state index in [-0.39, 0.29) is 21.4 Å². The van der Waals surface area contributed by atoms with Crippen LogP contribution in [0.3, 0.4) is 0 Å². The minimum atomic E-state index is -0.695. The van der Waals surface area contributed by atoms with Crippen molar-refractivity contribution >= 4 is 46.4 Å². The first-order valence-electron chi connectivity index (χ1n) is 6.96. The summed E-state index contributed by atoms with van der Waals surface area (Å²) in [5, 5.41) is 2.43. The van der Waals surface area contributed by atoms with Crippen LogP contribution >= 0.6 is 23.2 Å². The zero-order valence-electron chi connectivity index (χ0n) is 12.4. The van der Waals surface area contributed by atoms with Gasteiger partial charge >= 0.3 is 0 Å². The Kier molecular flexibility index (Phi) is 4.30. The fourth-order valence-corrected chi connectivity index (χ4v) is 2.64. The van der Waals surface area contributed by atoms with Gasteiger partial charge in [-0.15, -0.1) is 0 Å². The van der Waals surface area contributed by atoms with E-state index in [1.165, 1.54) is 12.1 Å². The second kappa shape index (κ2) is 6.26. The van der Waals surface area contributed by atoms with E-state index in [4.69, 9.17) is 23.2 Å². The van der Waals surface area contributed by atoms with Gasteiger partial charge in [0, 0.05) is 5.69 Å². The second-order valence-corrected chi connectivity index (χ2v) is 6.01. The molecule has 0 radical (unpaired) electrons. The molecule has 3 rings (SSSR count). The number of anilines is 2. The SMILES string of the molecule is Cc1ccc(NC2=C(Cl)C(=O)N(c3ccc(F)c(Cl)c3)C2=O)cc1. The van der Waals surface area contributed by atoms with E-state index in [0.717, 1.165) is 16.5 Å². The van der Waals surface area contributed by atoms with Gasteiger partial charge in [-0.1, -0.05) is 40.9 Å². The summed E-state index contributed by atoms with van der Waals surface area (Å²) in [7, 11) is 0. The highest BCUT2D eigenvalue weighted by atomic mass is 35.5. The lowest BCUT2D eigenvalue weighted by atomic mass is 10.2. The molecule has 2 aromatic carbocycles. The summed E-state index contributed by atoms with van der Waals surface area (Å²) in [4.78, 5) is 25.7. The zero-order chi connectivity index (χ0) is 17.4. The molecule has 0 spiro atoms. The predicted octanol–water partition coefficient (Wildman–Crippen LogP) is 4.22. The minimum Gasteiger partial charge on any atom is -0.350 e. The first-order chi connectivity index (χ1) is 11.4. The van der Waals surface area contributed by atoms with Gasteiger partial charge in [0.15, 0.2) is 0 Å². The topological polar surface area (TPSA) is 49.4 Å². The molecule has 0 saturated carbocycles. The number of halogens is 3. The molecule has 1 heterocycles. The molecule has 2 aromatic rings. The van der Waals surface area contributed by atoms with E-state index in [1.807, 2.05) is 19.1 Å². The van der Waals surface area contributed by atoms with Gasteiger partial charge in [-0.3, -0.25) is 9.59 Å². The van der Waals surface area contributed by atoms with E-state index in [0.29, 0.717) is 5.69 Å². The van der Waals surface area contributed by atoms with Gasteiger partial charge in [-0.25, -0.2) is 9.29 Å². The van der Waals surface area contributed by atoms with Gasteiger partial charge in [-0.05, 0) is 37.3 Å². The number of aryl methyl sites for hydroxylation is 1. The van der Waals surface area contributed by atoms with E-state index < -0.39 is 17.6 Å². The predicted molar refractivity (Wildman–Crippen MR) is 91.6 cm³/mol. The highest BCUT2D eigenvalue weighted by molar-refractivity contribution is 6.53. The van der Waals surface area contributed by atoms with Gasteiger partial charge in [0.05, 0.1) is 10.7 Å². The van der Waals surface area contributed by atoms with E-state index >= 15 is 0 Å². The molecule has 24 heavy (non-hydrogen) atoms. The van der Waals surface area contributed by atoms with Crippen molar-refractivity contribution in [1.29, 1.82) is 0 Å². The van der Waals surface area contributed by atoms with Crippen molar-refractivity contribution in [3.8, 4) is 0 Å². The molecule has 0 bridgehead atoms. The summed E-state index contributed by atoms with van der Waals surface area (Å²) in [6.07, 6.45) is 0. The highest BCUT2D eigenvalue weighted by Gasteiger charge is 2.39. The first-order valence-corrected chi connectivity index (χ1v) is 7.71. The number of hydrogen-bond acceptors (Lipinski definition) is 3. The molecule has 4 nitrogen and oxygen atoms in total. The Morgan fingerprint density at radius 3 is 2.29 bits per heavy atom. The third-order valence-corrected chi connectivity index (χ3v) is 4.15. The number of amides is 2. The summed E-state index contributed by atoms with van der Waals surface area (Å²) in [6, 6.07) is 10.8. The van der Waals surface area contributed by atoms with Crippen LogP contribution in [0.2, 0.25) is 5.02 Å². The molecule has 2 amide bonds. The molecule has 1 aliphatic rings. The van der Waals surface area contributed by atoms with Crippen LogP contribution in [-0.4, -0.2) is 11.8 Å². The molecule has 122 valence electrons. The number of benzene rings is 2. The van der Waals surface area contributed by atoms with Crippen molar-refractivity contribution in [3.05, 3.63) is 69.6 Å². The molecule has 0 unspecified atom stereocenters. The number of hydrogen-bond donors (Lipinski definition) is 1. The molecule has 0 fully saturated rings. The van der Waals surface area contributed by atoms with Crippen molar-refractivity contribution in [1.82, 2.24) is 0 Å². The first kappa shape index (κ1) is 16.5. The Morgan fingerprint density at radius 2 is 1.67 bits per heavy atom. The van der Waals surface area contributed by atoms with Crippen molar-refractivity contribution in [2.24, 2.45) is 0 Å². The second-order valence-electron chi connectivity index (χ2n) is 5.22. The van der Waals surface area contributed by atoms with Crippen molar-refractivity contribution in [3.63, 3.8) is 0 Å². The third kappa shape index (κ3) is 2.88. The number of nitrogens with one attached hydrogen (secondary N) is 1. The summed E-state index contributed by atoms with van der Waals surface area (Å²) in [6.45, 7) is 1.93. The highest BCUT2D eigenvalue weighted by Crippen LogP contribution is 2.32. The van der Waals surface area contributed by atoms with Crippen LogP contribution in [0.15, 0.2) is 53.2 Å². The Balaban J connectivity index is 1.92. The van der Waals surface area contributed by atoms with Crippen molar-refractivity contribution in [2.45, 2.75) is 6.92 Å². The largest absolute Gasteiger partial charge is 0.350 e. The van der Waals surface area contributed by atoms with Crippen LogP contribution in [0.4, 0.5) is 15.8 Å². The van der Waals surface area contributed by atoms with Crippen LogP contribution in [0.1, 0.15) is 5.56 Å². The normalized spacial score (nSPS) is 14.6. The molecular formula is C17H11Cl2FN2O2. The molecule has 1 N–H and O–H groups in total. The van der Waals surface area contributed by atoms with Crippen LogP contribution in [0.25, 0.3) is 0 Å². The lowest BCUT2D eigenvalue weighted by Gasteiger charge is -2.15. The lowest BCUT2D eigenvalue weighted by Crippen LogP contribution is -2.32. The van der Waals surface area contributed by atoms with Crippen molar-refractivity contribution in [2.75, 3.05) is 10.2 Å². The summed E-state index contributed by atoms with van der Waals surface area (Å²) < 4.78 is 13.3. The van der Waals surface area contributed by atoms with Crippen LogP contribution in [-0.2, 0) is 9.59 Å². The lowest BCUT2D eigenvalue weighted by molar-refractivity contribution is -0.120. The Bertz CT molecular complexity index is 879. The molecule has 1 aliphatic heterocycles. The van der Waals surface area contributed by atoms with Gasteiger partial charge in [0.1, 0.15) is 16.5 Å². The fraction of sp³-hybridized carbons (Fsp3) is 0.0588. The summed E-state index contributed by atoms with van der Waals surface area (Å²) >= 11 is 11.7. The van der Waals surface area contributed by atoms with Crippen LogP contribution < -0.4 is 10.2 Å². The van der Waals surface area contributed by atoms with E-state index in [1.54, 1.807) is 12.1 Å². The summed E-state index contributed by atoms with van der Waals surface area (Å²) in [5.74, 6) is -1.97. The number of rotatable bonds is 3. The van der Waals surface area contributed by atoms with Gasteiger partial charge < -0.3 is 5.32 Å². The zero-order valence-corrected chi connectivity index (χ0v) is 14.0. The fourth-order valence-electron chi connectivity index (χ4n) is 2.25. The molecule has 7 heteroatoms. The van der Waals surface area contributed by atoms with Gasteiger partial charge in [-0.2, -0.15) is 0 Å². The monoisotopic (exact) mass is 364 g/mol. The average Bonchev–Trinajstić information content (AvgIpc) is 2.76. The standard InChI is InChI=1S/C17H11Cl2FN2O2/c1-9-2-4-10(5-3-9)21-15-14(19)16(23)22(17(15)24)11-6-7-13(20)12(18)8-11/h2-8,21H,1H3. The Hall–Kier alpha value is -2.37. The molecule has 0 atom stereocenters. The number of carbonyl (C=O) groups is 2.